The summed E-state index contributed by atoms with van der Waals surface area (Å²) in [4.78, 5) is 30.3. The zero-order chi connectivity index (χ0) is 22.9. The average Bonchev–Trinajstić information content (AvgIpc) is 3.47. The Bertz CT molecular complexity index is 983. The van der Waals surface area contributed by atoms with Crippen molar-refractivity contribution in [3.05, 3.63) is 82.3 Å². The molecule has 0 N–H and O–H groups in total. The van der Waals surface area contributed by atoms with Crippen molar-refractivity contribution in [2.24, 2.45) is 0 Å². The van der Waals surface area contributed by atoms with Crippen molar-refractivity contribution in [3.8, 4) is 0 Å². The van der Waals surface area contributed by atoms with Crippen LogP contribution in [0.3, 0.4) is 0 Å². The highest BCUT2D eigenvalue weighted by atomic mass is 32.1. The molecule has 3 rings (SSSR count). The fourth-order valence-electron chi connectivity index (χ4n) is 3.52. The predicted molar refractivity (Wildman–Crippen MR) is 128 cm³/mol. The highest BCUT2D eigenvalue weighted by Crippen LogP contribution is 2.15. The van der Waals surface area contributed by atoms with Crippen LogP contribution in [0.25, 0.3) is 0 Å². The number of hydrogen-bond donors (Lipinski definition) is 0. The van der Waals surface area contributed by atoms with E-state index < -0.39 is 0 Å². The maximum Gasteiger partial charge on any atom is 0.264 e. The molecular formula is C25H31N3O3S. The van der Waals surface area contributed by atoms with E-state index in [0.29, 0.717) is 24.6 Å². The largest absolute Gasteiger partial charge is 0.383 e. The number of hydrogen-bond acceptors (Lipinski definition) is 4. The molecule has 0 bridgehead atoms. The van der Waals surface area contributed by atoms with Gasteiger partial charge in [0.25, 0.3) is 5.91 Å². The van der Waals surface area contributed by atoms with Gasteiger partial charge in [-0.25, -0.2) is 0 Å². The topological polar surface area (TPSA) is 54.8 Å². The van der Waals surface area contributed by atoms with Gasteiger partial charge < -0.3 is 19.1 Å². The summed E-state index contributed by atoms with van der Waals surface area (Å²) in [5.74, 6) is -0.213. The zero-order valence-corrected chi connectivity index (χ0v) is 19.8. The number of carbonyl (C=O) groups excluding carboxylic acids is 2. The van der Waals surface area contributed by atoms with Crippen molar-refractivity contribution in [1.29, 1.82) is 0 Å². The van der Waals surface area contributed by atoms with E-state index >= 15 is 0 Å². The molecule has 0 saturated carbocycles. The lowest BCUT2D eigenvalue weighted by Gasteiger charge is -2.30. The van der Waals surface area contributed by atoms with Gasteiger partial charge in [-0.3, -0.25) is 9.59 Å². The molecule has 170 valence electrons. The molecule has 2 heterocycles. The summed E-state index contributed by atoms with van der Waals surface area (Å²) < 4.78 is 7.33. The van der Waals surface area contributed by atoms with Gasteiger partial charge in [0.1, 0.15) is 6.54 Å². The molecule has 0 atom stereocenters. The van der Waals surface area contributed by atoms with Gasteiger partial charge in [0.05, 0.1) is 18.0 Å². The SMILES string of the molecule is COCCN(CC(=O)N(Cc1cccn1Cc1ccccc1)C(C)C)C(=O)c1cccs1. The summed E-state index contributed by atoms with van der Waals surface area (Å²) >= 11 is 1.38. The van der Waals surface area contributed by atoms with Crippen LogP contribution in [0.5, 0.6) is 0 Å². The molecule has 0 unspecified atom stereocenters. The van der Waals surface area contributed by atoms with Crippen LogP contribution >= 0.6 is 11.3 Å². The summed E-state index contributed by atoms with van der Waals surface area (Å²) in [6.45, 7) is 6.02. The second-order valence-electron chi connectivity index (χ2n) is 7.93. The molecule has 0 fully saturated rings. The van der Waals surface area contributed by atoms with Gasteiger partial charge in [-0.05, 0) is 43.0 Å². The Morgan fingerprint density at radius 1 is 1.06 bits per heavy atom. The number of aromatic nitrogens is 1. The van der Waals surface area contributed by atoms with Gasteiger partial charge in [0, 0.05) is 38.1 Å². The Balaban J connectivity index is 1.72. The summed E-state index contributed by atoms with van der Waals surface area (Å²) in [6, 6.07) is 17.9. The fourth-order valence-corrected chi connectivity index (χ4v) is 4.22. The van der Waals surface area contributed by atoms with Gasteiger partial charge in [-0.1, -0.05) is 36.4 Å². The van der Waals surface area contributed by atoms with Crippen molar-refractivity contribution >= 4 is 23.2 Å². The molecule has 0 saturated heterocycles. The first-order valence-corrected chi connectivity index (χ1v) is 11.7. The Hall–Kier alpha value is -2.90. The Labute approximate surface area is 194 Å². The minimum Gasteiger partial charge on any atom is -0.383 e. The number of amides is 2. The highest BCUT2D eigenvalue weighted by Gasteiger charge is 2.25. The van der Waals surface area contributed by atoms with Crippen molar-refractivity contribution in [2.45, 2.75) is 33.0 Å². The molecule has 0 aliphatic rings. The van der Waals surface area contributed by atoms with E-state index in [1.807, 2.05) is 66.7 Å². The van der Waals surface area contributed by atoms with E-state index in [0.717, 1.165) is 12.2 Å². The zero-order valence-electron chi connectivity index (χ0n) is 18.9. The normalized spacial score (nSPS) is 11.0. The number of carbonyl (C=O) groups is 2. The quantitative estimate of drug-likeness (QED) is 0.439. The van der Waals surface area contributed by atoms with E-state index in [4.69, 9.17) is 4.74 Å². The van der Waals surface area contributed by atoms with Crippen molar-refractivity contribution < 1.29 is 14.3 Å². The van der Waals surface area contributed by atoms with Crippen LogP contribution in [0.1, 0.15) is 34.8 Å². The molecule has 0 aliphatic carbocycles. The van der Waals surface area contributed by atoms with Gasteiger partial charge in [0.15, 0.2) is 0 Å². The molecule has 0 radical (unpaired) electrons. The van der Waals surface area contributed by atoms with Crippen LogP contribution in [0.4, 0.5) is 0 Å². The molecule has 2 amide bonds. The summed E-state index contributed by atoms with van der Waals surface area (Å²) in [5.41, 5.74) is 2.27. The van der Waals surface area contributed by atoms with E-state index in [9.17, 15) is 9.59 Å². The number of benzene rings is 1. The third-order valence-corrected chi connectivity index (χ3v) is 6.16. The van der Waals surface area contributed by atoms with E-state index in [1.54, 1.807) is 18.1 Å². The van der Waals surface area contributed by atoms with Gasteiger partial charge in [-0.2, -0.15) is 0 Å². The monoisotopic (exact) mass is 453 g/mol. The number of thiophene rings is 1. The molecule has 0 aliphatic heterocycles. The Morgan fingerprint density at radius 3 is 2.50 bits per heavy atom. The highest BCUT2D eigenvalue weighted by molar-refractivity contribution is 7.12. The molecule has 6 nitrogen and oxygen atoms in total. The lowest BCUT2D eigenvalue weighted by Crippen LogP contribution is -2.46. The molecule has 0 spiro atoms. The third kappa shape index (κ3) is 6.31. The van der Waals surface area contributed by atoms with Gasteiger partial charge in [-0.15, -0.1) is 11.3 Å². The fraction of sp³-hybridized carbons (Fsp3) is 0.360. The van der Waals surface area contributed by atoms with Gasteiger partial charge >= 0.3 is 0 Å². The number of ether oxygens (including phenoxy) is 1. The maximum atomic E-state index is 13.3. The van der Waals surface area contributed by atoms with Crippen molar-refractivity contribution in [2.75, 3.05) is 26.8 Å². The van der Waals surface area contributed by atoms with Crippen LogP contribution in [0, 0.1) is 0 Å². The standard InChI is InChI=1S/C25H31N3O3S/c1-20(2)28(18-22-11-7-13-26(22)17-21-9-5-4-6-10-21)24(29)19-27(14-15-31-3)25(30)23-12-8-16-32-23/h4-13,16,20H,14-15,17-19H2,1-3H3. The molecule has 2 aromatic heterocycles. The Kier molecular flexibility index (Phi) is 8.64. The van der Waals surface area contributed by atoms with E-state index in [-0.39, 0.29) is 24.4 Å². The Morgan fingerprint density at radius 2 is 1.84 bits per heavy atom. The molecule has 1 aromatic carbocycles. The summed E-state index contributed by atoms with van der Waals surface area (Å²) in [5, 5.41) is 1.87. The first-order chi connectivity index (χ1) is 15.5. The first-order valence-electron chi connectivity index (χ1n) is 10.8. The minimum absolute atomic E-state index is 0.00342. The summed E-state index contributed by atoms with van der Waals surface area (Å²) in [6.07, 6.45) is 2.04. The second kappa shape index (κ2) is 11.6. The van der Waals surface area contributed by atoms with Crippen molar-refractivity contribution in [1.82, 2.24) is 14.4 Å². The third-order valence-electron chi connectivity index (χ3n) is 5.31. The first kappa shape index (κ1) is 23.8. The van der Waals surface area contributed by atoms with Crippen LogP contribution in [-0.4, -0.2) is 59.0 Å². The smallest absolute Gasteiger partial charge is 0.264 e. The van der Waals surface area contributed by atoms with Crippen molar-refractivity contribution in [3.63, 3.8) is 0 Å². The predicted octanol–water partition coefficient (Wildman–Crippen LogP) is 4.12. The maximum absolute atomic E-state index is 13.3. The molecular weight excluding hydrogens is 422 g/mol. The second-order valence-corrected chi connectivity index (χ2v) is 8.87. The van der Waals surface area contributed by atoms with Crippen LogP contribution < -0.4 is 0 Å². The number of rotatable bonds is 11. The van der Waals surface area contributed by atoms with E-state index in [1.165, 1.54) is 16.9 Å². The van der Waals surface area contributed by atoms with Crippen LogP contribution in [-0.2, 0) is 22.6 Å². The number of methoxy groups -OCH3 is 1. The molecule has 7 heteroatoms. The molecule has 32 heavy (non-hydrogen) atoms. The van der Waals surface area contributed by atoms with Crippen LogP contribution in [0.2, 0.25) is 0 Å². The average molecular weight is 454 g/mol. The minimum atomic E-state index is -0.137. The lowest BCUT2D eigenvalue weighted by molar-refractivity contribution is -0.134. The van der Waals surface area contributed by atoms with Gasteiger partial charge in [0.2, 0.25) is 5.91 Å². The lowest BCUT2D eigenvalue weighted by atomic mass is 10.2. The summed E-state index contributed by atoms with van der Waals surface area (Å²) in [7, 11) is 1.59. The number of nitrogens with zero attached hydrogens (tertiary/aromatic N) is 3. The molecule has 3 aromatic rings. The van der Waals surface area contributed by atoms with E-state index in [2.05, 4.69) is 16.7 Å². The van der Waals surface area contributed by atoms with Crippen LogP contribution in [0.15, 0.2) is 66.2 Å².